The third-order valence-electron chi connectivity index (χ3n) is 2.85. The number of hydrogen-bond acceptors (Lipinski definition) is 3. The van der Waals surface area contributed by atoms with Gasteiger partial charge < -0.3 is 14.2 Å². The molecule has 0 fully saturated rings. The van der Waals surface area contributed by atoms with Crippen LogP contribution in [-0.4, -0.2) is 37.6 Å². The molecule has 0 rings (SSSR count). The summed E-state index contributed by atoms with van der Waals surface area (Å²) in [4.78, 5) is 0. The Morgan fingerprint density at radius 3 is 1.65 bits per heavy atom. The highest BCUT2D eigenvalue weighted by Crippen LogP contribution is 2.05. The lowest BCUT2D eigenvalue weighted by molar-refractivity contribution is -0.0830. The highest BCUT2D eigenvalue weighted by Gasteiger charge is 2.10. The predicted molar refractivity (Wildman–Crippen MR) is 71.4 cm³/mol. The lowest BCUT2D eigenvalue weighted by atomic mass is 10.3. The second-order valence-corrected chi connectivity index (χ2v) is 4.86. The normalized spacial score (nSPS) is 18.7. The van der Waals surface area contributed by atoms with E-state index in [1.165, 1.54) is 0 Å². The molecule has 0 amide bonds. The van der Waals surface area contributed by atoms with Crippen molar-refractivity contribution in [3.05, 3.63) is 0 Å². The summed E-state index contributed by atoms with van der Waals surface area (Å²) in [6.45, 7) is 13.8. The van der Waals surface area contributed by atoms with Gasteiger partial charge in [-0.1, -0.05) is 13.8 Å². The fourth-order valence-corrected chi connectivity index (χ4v) is 1.30. The largest absolute Gasteiger partial charge is 0.376 e. The van der Waals surface area contributed by atoms with Gasteiger partial charge in [-0.05, 0) is 40.5 Å². The predicted octanol–water partition coefficient (Wildman–Crippen LogP) is 3.41. The van der Waals surface area contributed by atoms with E-state index >= 15 is 0 Å². The van der Waals surface area contributed by atoms with E-state index in [1.54, 1.807) is 0 Å². The Labute approximate surface area is 107 Å². The molecule has 0 spiro atoms. The van der Waals surface area contributed by atoms with E-state index in [0.29, 0.717) is 25.4 Å². The molecule has 0 aliphatic rings. The van der Waals surface area contributed by atoms with E-state index < -0.39 is 0 Å². The van der Waals surface area contributed by atoms with Gasteiger partial charge >= 0.3 is 0 Å². The van der Waals surface area contributed by atoms with Crippen LogP contribution in [0.1, 0.15) is 54.4 Å². The minimum atomic E-state index is 0.131. The van der Waals surface area contributed by atoms with Gasteiger partial charge in [-0.2, -0.15) is 0 Å². The molecule has 17 heavy (non-hydrogen) atoms. The van der Waals surface area contributed by atoms with Crippen molar-refractivity contribution in [2.75, 3.05) is 13.2 Å². The second-order valence-electron chi connectivity index (χ2n) is 4.86. The van der Waals surface area contributed by atoms with Gasteiger partial charge in [-0.15, -0.1) is 0 Å². The SMILES string of the molecule is CCC(C)OCC(C)OCC(C)OC(C)CC. The van der Waals surface area contributed by atoms with E-state index in [0.717, 1.165) is 12.8 Å². The molecular weight excluding hydrogens is 216 g/mol. The van der Waals surface area contributed by atoms with E-state index in [1.807, 2.05) is 6.92 Å². The van der Waals surface area contributed by atoms with Crippen LogP contribution >= 0.6 is 0 Å². The second kappa shape index (κ2) is 9.86. The zero-order chi connectivity index (χ0) is 13.3. The van der Waals surface area contributed by atoms with Gasteiger partial charge in [0.1, 0.15) is 0 Å². The van der Waals surface area contributed by atoms with Gasteiger partial charge in [0.25, 0.3) is 0 Å². The van der Waals surface area contributed by atoms with Crippen molar-refractivity contribution < 1.29 is 14.2 Å². The molecule has 0 radical (unpaired) electrons. The fourth-order valence-electron chi connectivity index (χ4n) is 1.30. The number of ether oxygens (including phenoxy) is 3. The lowest BCUT2D eigenvalue weighted by Gasteiger charge is -2.21. The zero-order valence-corrected chi connectivity index (χ0v) is 12.4. The Morgan fingerprint density at radius 2 is 1.12 bits per heavy atom. The van der Waals surface area contributed by atoms with Gasteiger partial charge in [-0.3, -0.25) is 0 Å². The van der Waals surface area contributed by atoms with E-state index in [-0.39, 0.29) is 12.2 Å². The van der Waals surface area contributed by atoms with Crippen LogP contribution in [0.2, 0.25) is 0 Å². The smallest absolute Gasteiger partial charge is 0.0784 e. The molecule has 3 nitrogen and oxygen atoms in total. The molecule has 0 bridgehead atoms. The summed E-state index contributed by atoms with van der Waals surface area (Å²) in [6.07, 6.45) is 2.98. The van der Waals surface area contributed by atoms with Crippen LogP contribution in [0, 0.1) is 0 Å². The number of hydrogen-bond donors (Lipinski definition) is 0. The standard InChI is InChI=1S/C14H30O3/c1-7-11(3)15-9-13(5)16-10-14(6)17-12(4)8-2/h11-14H,7-10H2,1-6H3. The summed E-state index contributed by atoms with van der Waals surface area (Å²) in [5, 5.41) is 0. The maximum Gasteiger partial charge on any atom is 0.0784 e. The van der Waals surface area contributed by atoms with Gasteiger partial charge in [0.15, 0.2) is 0 Å². The van der Waals surface area contributed by atoms with E-state index in [9.17, 15) is 0 Å². The Hall–Kier alpha value is -0.120. The molecule has 3 heteroatoms. The average Bonchev–Trinajstić information content (AvgIpc) is 2.32. The van der Waals surface area contributed by atoms with E-state index in [4.69, 9.17) is 14.2 Å². The Morgan fingerprint density at radius 1 is 0.647 bits per heavy atom. The van der Waals surface area contributed by atoms with Gasteiger partial charge in [-0.25, -0.2) is 0 Å². The maximum atomic E-state index is 5.73. The molecule has 0 saturated heterocycles. The molecule has 4 unspecified atom stereocenters. The summed E-state index contributed by atoms with van der Waals surface area (Å²) in [6, 6.07) is 0. The third-order valence-corrected chi connectivity index (χ3v) is 2.85. The number of rotatable bonds is 10. The first-order valence-corrected chi connectivity index (χ1v) is 6.88. The molecule has 0 aliphatic carbocycles. The Kier molecular flexibility index (Phi) is 9.79. The van der Waals surface area contributed by atoms with Crippen LogP contribution in [0.15, 0.2) is 0 Å². The van der Waals surface area contributed by atoms with E-state index in [2.05, 4.69) is 34.6 Å². The first-order chi connectivity index (χ1) is 7.99. The first-order valence-electron chi connectivity index (χ1n) is 6.88. The summed E-state index contributed by atoms with van der Waals surface area (Å²) in [5.41, 5.74) is 0. The van der Waals surface area contributed by atoms with Crippen LogP contribution < -0.4 is 0 Å². The molecular formula is C14H30O3. The average molecular weight is 246 g/mol. The Bertz CT molecular complexity index is 173. The lowest BCUT2D eigenvalue weighted by Crippen LogP contribution is -2.27. The van der Waals surface area contributed by atoms with Crippen molar-refractivity contribution in [2.45, 2.75) is 78.8 Å². The van der Waals surface area contributed by atoms with Crippen molar-refractivity contribution in [3.63, 3.8) is 0 Å². The molecule has 4 atom stereocenters. The maximum absolute atomic E-state index is 5.73. The van der Waals surface area contributed by atoms with Gasteiger partial charge in [0.2, 0.25) is 0 Å². The molecule has 0 N–H and O–H groups in total. The van der Waals surface area contributed by atoms with Crippen molar-refractivity contribution in [1.82, 2.24) is 0 Å². The molecule has 0 saturated carbocycles. The zero-order valence-electron chi connectivity index (χ0n) is 12.4. The highest BCUT2D eigenvalue weighted by molar-refractivity contribution is 4.56. The molecule has 0 heterocycles. The van der Waals surface area contributed by atoms with Crippen molar-refractivity contribution in [2.24, 2.45) is 0 Å². The van der Waals surface area contributed by atoms with Crippen LogP contribution in [0.3, 0.4) is 0 Å². The first kappa shape index (κ1) is 16.9. The van der Waals surface area contributed by atoms with Crippen molar-refractivity contribution >= 4 is 0 Å². The molecule has 0 aliphatic heterocycles. The Balaban J connectivity index is 3.58. The summed E-state index contributed by atoms with van der Waals surface area (Å²) in [5.74, 6) is 0. The molecule has 0 aromatic carbocycles. The minimum Gasteiger partial charge on any atom is -0.376 e. The van der Waals surface area contributed by atoms with Gasteiger partial charge in [0, 0.05) is 0 Å². The minimum absolute atomic E-state index is 0.131. The highest BCUT2D eigenvalue weighted by atomic mass is 16.6. The summed E-state index contributed by atoms with van der Waals surface area (Å²) in [7, 11) is 0. The van der Waals surface area contributed by atoms with Gasteiger partial charge in [0.05, 0.1) is 37.6 Å². The van der Waals surface area contributed by atoms with Crippen LogP contribution in [0.25, 0.3) is 0 Å². The quantitative estimate of drug-likeness (QED) is 0.591. The van der Waals surface area contributed by atoms with Crippen LogP contribution in [0.4, 0.5) is 0 Å². The van der Waals surface area contributed by atoms with Crippen molar-refractivity contribution in [3.8, 4) is 0 Å². The molecule has 0 aromatic heterocycles. The monoisotopic (exact) mass is 246 g/mol. The summed E-state index contributed by atoms with van der Waals surface area (Å²) < 4.78 is 17.0. The van der Waals surface area contributed by atoms with Crippen molar-refractivity contribution in [1.29, 1.82) is 0 Å². The third kappa shape index (κ3) is 9.57. The molecule has 0 aromatic rings. The van der Waals surface area contributed by atoms with Crippen LogP contribution in [0.5, 0.6) is 0 Å². The fraction of sp³-hybridized carbons (Fsp3) is 1.00. The topological polar surface area (TPSA) is 27.7 Å². The molecule has 104 valence electrons. The van der Waals surface area contributed by atoms with Crippen LogP contribution in [-0.2, 0) is 14.2 Å². The summed E-state index contributed by atoms with van der Waals surface area (Å²) >= 11 is 0.